The molecule has 0 aliphatic heterocycles. The van der Waals surface area contributed by atoms with Gasteiger partial charge in [0.1, 0.15) is 24.0 Å². The molecule has 0 saturated carbocycles. The average molecular weight is 245 g/mol. The maximum Gasteiger partial charge on any atom is 0.155 e. The summed E-state index contributed by atoms with van der Waals surface area (Å²) in [5.74, 6) is 0.229. The number of hydrogen-bond donors (Lipinski definition) is 6. The van der Waals surface area contributed by atoms with E-state index in [4.69, 9.17) is 15.4 Å². The Labute approximate surface area is 96.9 Å². The highest BCUT2D eigenvalue weighted by Gasteiger charge is 2.27. The molecule has 0 aromatic carbocycles. The van der Waals surface area contributed by atoms with Gasteiger partial charge in [-0.05, 0) is 6.92 Å². The molecule has 0 aliphatic carbocycles. The maximum atomic E-state index is 9.66. The number of imidazole rings is 1. The third-order valence-electron chi connectivity index (χ3n) is 2.31. The van der Waals surface area contributed by atoms with Gasteiger partial charge in [0.25, 0.3) is 0 Å². The molecule has 0 fully saturated rings. The lowest BCUT2D eigenvalue weighted by molar-refractivity contribution is -0.0788. The van der Waals surface area contributed by atoms with Crippen molar-refractivity contribution >= 4 is 5.71 Å². The summed E-state index contributed by atoms with van der Waals surface area (Å²) in [6.07, 6.45) is -3.18. The fourth-order valence-electron chi connectivity index (χ4n) is 1.22. The molecule has 17 heavy (non-hydrogen) atoms. The molecule has 3 atom stereocenters. The molecule has 0 unspecified atom stereocenters. The molecule has 0 saturated heterocycles. The minimum atomic E-state index is -1.54. The van der Waals surface area contributed by atoms with Crippen LogP contribution in [-0.4, -0.2) is 60.1 Å². The number of aromatic nitrogens is 2. The first-order valence-electron chi connectivity index (χ1n) is 4.90. The average Bonchev–Trinajstić information content (AvgIpc) is 2.84. The molecule has 96 valence electrons. The van der Waals surface area contributed by atoms with Crippen molar-refractivity contribution in [2.75, 3.05) is 6.61 Å². The van der Waals surface area contributed by atoms with Crippen LogP contribution in [0.3, 0.4) is 0 Å². The highest BCUT2D eigenvalue weighted by atomic mass is 16.4. The number of aliphatic hydroxyl groups is 4. The van der Waals surface area contributed by atoms with Gasteiger partial charge >= 0.3 is 0 Å². The Balaban J connectivity index is 2.83. The van der Waals surface area contributed by atoms with Crippen LogP contribution < -0.4 is 0 Å². The summed E-state index contributed by atoms with van der Waals surface area (Å²) in [7, 11) is 0. The van der Waals surface area contributed by atoms with Crippen molar-refractivity contribution in [3.8, 4) is 0 Å². The van der Waals surface area contributed by atoms with Gasteiger partial charge in [-0.25, -0.2) is 4.98 Å². The summed E-state index contributed by atoms with van der Waals surface area (Å²) in [5.41, 5.74) is 0.351. The number of rotatable bonds is 5. The van der Waals surface area contributed by atoms with Crippen LogP contribution in [-0.2, 0) is 0 Å². The van der Waals surface area contributed by atoms with Gasteiger partial charge in [-0.3, -0.25) is 0 Å². The van der Waals surface area contributed by atoms with Crippen LogP contribution in [0.2, 0.25) is 0 Å². The van der Waals surface area contributed by atoms with Crippen molar-refractivity contribution in [1.29, 1.82) is 0 Å². The van der Waals surface area contributed by atoms with Crippen LogP contribution >= 0.6 is 0 Å². The van der Waals surface area contributed by atoms with Crippen molar-refractivity contribution in [2.24, 2.45) is 5.16 Å². The standard InChI is InChI=1S/C9H15N3O5/c1-4(12-17)9-10-2-5(11-9)7(15)8(16)6(14)3-13/h2,6-8,13-17H,3H2,1H3,(H,10,11)/t6-,7-,8-/m1/s1. The van der Waals surface area contributed by atoms with Crippen molar-refractivity contribution in [1.82, 2.24) is 9.97 Å². The molecule has 0 aliphatic rings. The lowest BCUT2D eigenvalue weighted by Gasteiger charge is -2.20. The largest absolute Gasteiger partial charge is 0.411 e. The molecule has 1 rings (SSSR count). The lowest BCUT2D eigenvalue weighted by Crippen LogP contribution is -2.34. The van der Waals surface area contributed by atoms with Crippen LogP contribution in [0.25, 0.3) is 0 Å². The first-order valence-corrected chi connectivity index (χ1v) is 4.90. The Morgan fingerprint density at radius 2 is 2.12 bits per heavy atom. The van der Waals surface area contributed by atoms with Gasteiger partial charge in [-0.1, -0.05) is 5.16 Å². The Bertz CT molecular complexity index is 392. The van der Waals surface area contributed by atoms with E-state index in [0.717, 1.165) is 0 Å². The van der Waals surface area contributed by atoms with Crippen LogP contribution in [0.1, 0.15) is 24.5 Å². The van der Waals surface area contributed by atoms with Crippen LogP contribution in [0.5, 0.6) is 0 Å². The summed E-state index contributed by atoms with van der Waals surface area (Å²) in [6, 6.07) is 0. The zero-order chi connectivity index (χ0) is 13.0. The molecular weight excluding hydrogens is 230 g/mol. The lowest BCUT2D eigenvalue weighted by atomic mass is 10.1. The molecule has 8 nitrogen and oxygen atoms in total. The Morgan fingerprint density at radius 3 is 2.65 bits per heavy atom. The highest BCUT2D eigenvalue weighted by molar-refractivity contribution is 5.94. The van der Waals surface area contributed by atoms with Crippen LogP contribution in [0, 0.1) is 0 Å². The molecular formula is C9H15N3O5. The van der Waals surface area contributed by atoms with Gasteiger partial charge in [-0.2, -0.15) is 0 Å². The van der Waals surface area contributed by atoms with E-state index in [2.05, 4.69) is 15.1 Å². The van der Waals surface area contributed by atoms with Gasteiger partial charge in [0, 0.05) is 0 Å². The zero-order valence-corrected chi connectivity index (χ0v) is 9.15. The quantitative estimate of drug-likeness (QED) is 0.208. The topological polar surface area (TPSA) is 142 Å². The molecule has 0 radical (unpaired) electrons. The van der Waals surface area contributed by atoms with E-state index in [9.17, 15) is 10.2 Å². The molecule has 1 heterocycles. The molecule has 6 N–H and O–H groups in total. The first-order chi connectivity index (χ1) is 8.01. The normalized spacial score (nSPS) is 17.8. The van der Waals surface area contributed by atoms with Gasteiger partial charge in [-0.15, -0.1) is 0 Å². The number of nitrogens with zero attached hydrogens (tertiary/aromatic N) is 2. The van der Waals surface area contributed by atoms with Gasteiger partial charge in [0.05, 0.1) is 18.5 Å². The van der Waals surface area contributed by atoms with E-state index >= 15 is 0 Å². The molecule has 1 aromatic heterocycles. The maximum absolute atomic E-state index is 9.66. The number of aromatic amines is 1. The molecule has 0 bridgehead atoms. The van der Waals surface area contributed by atoms with E-state index in [1.165, 1.54) is 13.1 Å². The van der Waals surface area contributed by atoms with Crippen LogP contribution in [0.4, 0.5) is 0 Å². The zero-order valence-electron chi connectivity index (χ0n) is 9.15. The predicted octanol–water partition coefficient (Wildman–Crippen LogP) is -1.64. The third kappa shape index (κ3) is 3.01. The summed E-state index contributed by atoms with van der Waals surface area (Å²) in [6.45, 7) is 0.824. The predicted molar refractivity (Wildman–Crippen MR) is 56.6 cm³/mol. The number of H-pyrrole nitrogens is 1. The monoisotopic (exact) mass is 245 g/mol. The summed E-state index contributed by atoms with van der Waals surface area (Å²) in [5, 5.41) is 48.3. The molecule has 0 spiro atoms. The fourth-order valence-corrected chi connectivity index (χ4v) is 1.22. The summed E-state index contributed by atoms with van der Waals surface area (Å²) >= 11 is 0. The number of nitrogens with one attached hydrogen (secondary N) is 1. The Kier molecular flexibility index (Phi) is 4.58. The van der Waals surface area contributed by atoms with Crippen molar-refractivity contribution in [3.63, 3.8) is 0 Å². The van der Waals surface area contributed by atoms with Crippen molar-refractivity contribution < 1.29 is 25.6 Å². The van der Waals surface area contributed by atoms with E-state index in [-0.39, 0.29) is 17.2 Å². The van der Waals surface area contributed by atoms with Crippen molar-refractivity contribution in [3.05, 3.63) is 17.7 Å². The van der Waals surface area contributed by atoms with Gasteiger partial charge in [0.15, 0.2) is 5.82 Å². The minimum Gasteiger partial charge on any atom is -0.411 e. The number of hydrogen-bond acceptors (Lipinski definition) is 7. The van der Waals surface area contributed by atoms with E-state index < -0.39 is 24.9 Å². The Morgan fingerprint density at radius 1 is 1.47 bits per heavy atom. The van der Waals surface area contributed by atoms with Crippen LogP contribution in [0.15, 0.2) is 11.4 Å². The first kappa shape index (κ1) is 13.6. The summed E-state index contributed by atoms with van der Waals surface area (Å²) < 4.78 is 0. The second-order valence-electron chi connectivity index (χ2n) is 3.56. The second kappa shape index (κ2) is 5.73. The molecule has 8 heteroatoms. The molecule has 1 aromatic rings. The van der Waals surface area contributed by atoms with Crippen molar-refractivity contribution in [2.45, 2.75) is 25.2 Å². The van der Waals surface area contributed by atoms with E-state index in [1.807, 2.05) is 0 Å². The van der Waals surface area contributed by atoms with Gasteiger partial charge in [0.2, 0.25) is 0 Å². The fraction of sp³-hybridized carbons (Fsp3) is 0.556. The minimum absolute atomic E-state index is 0.142. The smallest absolute Gasteiger partial charge is 0.155 e. The number of aliphatic hydroxyl groups excluding tert-OH is 4. The van der Waals surface area contributed by atoms with Gasteiger partial charge < -0.3 is 30.6 Å². The SMILES string of the molecule is CC(=NO)c1ncc([C@@H](O)[C@H](O)[C@H](O)CO)[nH]1. The number of oxime groups is 1. The Hall–Kier alpha value is -1.48. The van der Waals surface area contributed by atoms with E-state index in [1.54, 1.807) is 0 Å². The highest BCUT2D eigenvalue weighted by Crippen LogP contribution is 2.17. The van der Waals surface area contributed by atoms with E-state index in [0.29, 0.717) is 0 Å². The third-order valence-corrected chi connectivity index (χ3v) is 2.31. The second-order valence-corrected chi connectivity index (χ2v) is 3.56. The molecule has 0 amide bonds. The summed E-state index contributed by atoms with van der Waals surface area (Å²) in [4.78, 5) is 6.43.